The summed E-state index contributed by atoms with van der Waals surface area (Å²) in [6, 6.07) is 0. The number of methoxy groups -OCH3 is 1. The van der Waals surface area contributed by atoms with Gasteiger partial charge in [0.2, 0.25) is 0 Å². The number of carbonyl (C=O) groups excluding carboxylic acids is 2. The van der Waals surface area contributed by atoms with Gasteiger partial charge in [0.25, 0.3) is 5.79 Å². The van der Waals surface area contributed by atoms with Crippen molar-refractivity contribution >= 4 is 11.9 Å². The minimum absolute atomic E-state index is 0.00697. The first-order chi connectivity index (χ1) is 10.3. The SMILES string of the molecule is C=C(C)C(=O)OCC(OC)(OC(=O)C(=C)C)C1CCCCC1. The van der Waals surface area contributed by atoms with Crippen LogP contribution >= 0.6 is 0 Å². The molecule has 0 bridgehead atoms. The van der Waals surface area contributed by atoms with Gasteiger partial charge in [-0.05, 0) is 26.7 Å². The van der Waals surface area contributed by atoms with Gasteiger partial charge in [-0.15, -0.1) is 0 Å². The van der Waals surface area contributed by atoms with Crippen molar-refractivity contribution in [1.29, 1.82) is 0 Å². The van der Waals surface area contributed by atoms with Gasteiger partial charge in [-0.25, -0.2) is 9.59 Å². The Labute approximate surface area is 132 Å². The molecule has 1 atom stereocenters. The Morgan fingerprint density at radius 2 is 1.59 bits per heavy atom. The average molecular weight is 310 g/mol. The van der Waals surface area contributed by atoms with Gasteiger partial charge in [-0.2, -0.15) is 0 Å². The molecule has 0 heterocycles. The molecule has 1 fully saturated rings. The van der Waals surface area contributed by atoms with Crippen molar-refractivity contribution in [1.82, 2.24) is 0 Å². The molecule has 5 heteroatoms. The zero-order chi connectivity index (χ0) is 16.8. The third kappa shape index (κ3) is 4.70. The summed E-state index contributed by atoms with van der Waals surface area (Å²) in [7, 11) is 1.47. The fraction of sp³-hybridized carbons (Fsp3) is 0.647. The van der Waals surface area contributed by atoms with E-state index >= 15 is 0 Å². The summed E-state index contributed by atoms with van der Waals surface area (Å²) < 4.78 is 16.3. The second kappa shape index (κ2) is 8.13. The molecule has 1 aliphatic rings. The van der Waals surface area contributed by atoms with E-state index in [0.717, 1.165) is 32.1 Å². The highest BCUT2D eigenvalue weighted by Crippen LogP contribution is 2.36. The van der Waals surface area contributed by atoms with Gasteiger partial charge in [0, 0.05) is 24.2 Å². The molecule has 0 N–H and O–H groups in total. The lowest BCUT2D eigenvalue weighted by atomic mass is 9.83. The number of carbonyl (C=O) groups is 2. The number of hydrogen-bond donors (Lipinski definition) is 0. The van der Waals surface area contributed by atoms with Crippen LogP contribution in [0.5, 0.6) is 0 Å². The number of rotatable bonds is 7. The van der Waals surface area contributed by atoms with Gasteiger partial charge < -0.3 is 14.2 Å². The quantitative estimate of drug-likeness (QED) is 0.411. The number of hydrogen-bond acceptors (Lipinski definition) is 5. The molecule has 22 heavy (non-hydrogen) atoms. The van der Waals surface area contributed by atoms with Crippen molar-refractivity contribution < 1.29 is 23.8 Å². The van der Waals surface area contributed by atoms with Gasteiger partial charge in [0.15, 0.2) is 6.61 Å². The van der Waals surface area contributed by atoms with Crippen molar-refractivity contribution in [2.75, 3.05) is 13.7 Å². The molecular formula is C17H26O5. The Morgan fingerprint density at radius 1 is 1.05 bits per heavy atom. The number of ether oxygens (including phenoxy) is 3. The number of esters is 2. The molecule has 124 valence electrons. The lowest BCUT2D eigenvalue weighted by molar-refractivity contribution is -0.264. The third-order valence-corrected chi connectivity index (χ3v) is 3.94. The van der Waals surface area contributed by atoms with Gasteiger partial charge >= 0.3 is 11.9 Å². The van der Waals surface area contributed by atoms with Crippen LogP contribution in [0.2, 0.25) is 0 Å². The Kier molecular flexibility index (Phi) is 6.81. The van der Waals surface area contributed by atoms with Crippen molar-refractivity contribution in [3.8, 4) is 0 Å². The summed E-state index contributed by atoms with van der Waals surface area (Å²) in [5, 5.41) is 0. The predicted octanol–water partition coefficient (Wildman–Crippen LogP) is 3.15. The fourth-order valence-corrected chi connectivity index (χ4v) is 2.57. The largest absolute Gasteiger partial charge is 0.455 e. The van der Waals surface area contributed by atoms with Gasteiger partial charge in [-0.3, -0.25) is 0 Å². The van der Waals surface area contributed by atoms with Crippen molar-refractivity contribution in [2.24, 2.45) is 5.92 Å². The molecule has 0 radical (unpaired) electrons. The molecule has 0 saturated heterocycles. The normalized spacial score (nSPS) is 18.1. The molecule has 0 aliphatic heterocycles. The summed E-state index contributed by atoms with van der Waals surface area (Å²) in [5.41, 5.74) is 0.573. The van der Waals surface area contributed by atoms with Crippen LogP contribution in [0.25, 0.3) is 0 Å². The van der Waals surface area contributed by atoms with Gasteiger partial charge in [0.05, 0.1) is 0 Å². The van der Waals surface area contributed by atoms with Gasteiger partial charge in [0.1, 0.15) is 0 Å². The Balaban J connectivity index is 2.93. The molecule has 0 spiro atoms. The highest BCUT2D eigenvalue weighted by molar-refractivity contribution is 5.88. The second-order valence-electron chi connectivity index (χ2n) is 5.88. The lowest BCUT2D eigenvalue weighted by Crippen LogP contribution is -2.49. The van der Waals surface area contributed by atoms with Crippen LogP contribution in [0.15, 0.2) is 24.3 Å². The Bertz CT molecular complexity index is 448. The van der Waals surface area contributed by atoms with Crippen LogP contribution < -0.4 is 0 Å². The minimum atomic E-state index is -1.26. The average Bonchev–Trinajstić information content (AvgIpc) is 2.51. The summed E-state index contributed by atoms with van der Waals surface area (Å²) in [4.78, 5) is 23.7. The Morgan fingerprint density at radius 3 is 2.05 bits per heavy atom. The summed E-state index contributed by atoms with van der Waals surface area (Å²) in [5.74, 6) is -2.34. The first-order valence-electron chi connectivity index (χ1n) is 7.59. The van der Waals surface area contributed by atoms with E-state index in [9.17, 15) is 9.59 Å². The highest BCUT2D eigenvalue weighted by Gasteiger charge is 2.45. The zero-order valence-electron chi connectivity index (χ0n) is 13.8. The molecular weight excluding hydrogens is 284 g/mol. The van der Waals surface area contributed by atoms with E-state index in [1.54, 1.807) is 13.8 Å². The molecule has 5 nitrogen and oxygen atoms in total. The van der Waals surface area contributed by atoms with Crippen molar-refractivity contribution in [3.05, 3.63) is 24.3 Å². The summed E-state index contributed by atoms with van der Waals surface area (Å²) >= 11 is 0. The maximum Gasteiger partial charge on any atom is 0.335 e. The molecule has 1 rings (SSSR count). The van der Waals surface area contributed by atoms with E-state index in [1.165, 1.54) is 7.11 Å². The van der Waals surface area contributed by atoms with Crippen LogP contribution in [0.4, 0.5) is 0 Å². The van der Waals surface area contributed by atoms with E-state index in [2.05, 4.69) is 13.2 Å². The second-order valence-corrected chi connectivity index (χ2v) is 5.88. The lowest BCUT2D eigenvalue weighted by Gasteiger charge is -2.39. The molecule has 1 aliphatic carbocycles. The molecule has 0 amide bonds. The maximum atomic E-state index is 12.0. The van der Waals surface area contributed by atoms with E-state index < -0.39 is 17.7 Å². The molecule has 1 saturated carbocycles. The van der Waals surface area contributed by atoms with Crippen LogP contribution in [-0.4, -0.2) is 31.4 Å². The Hall–Kier alpha value is -1.62. The predicted molar refractivity (Wildman–Crippen MR) is 83.0 cm³/mol. The van der Waals surface area contributed by atoms with Crippen molar-refractivity contribution in [2.45, 2.75) is 51.7 Å². The summed E-state index contributed by atoms with van der Waals surface area (Å²) in [6.07, 6.45) is 4.95. The maximum absolute atomic E-state index is 12.0. The highest BCUT2D eigenvalue weighted by atomic mass is 16.7. The van der Waals surface area contributed by atoms with Gasteiger partial charge in [-0.1, -0.05) is 32.4 Å². The van der Waals surface area contributed by atoms with Crippen LogP contribution in [0.3, 0.4) is 0 Å². The third-order valence-electron chi connectivity index (χ3n) is 3.94. The fourth-order valence-electron chi connectivity index (χ4n) is 2.57. The minimum Gasteiger partial charge on any atom is -0.455 e. The van der Waals surface area contributed by atoms with E-state index in [-0.39, 0.29) is 18.1 Å². The standard InChI is InChI=1S/C17H26O5/c1-12(2)15(18)21-11-17(20-5,22-16(19)13(3)4)14-9-7-6-8-10-14/h14H,1,3,6-11H2,2,4-5H3. The van der Waals surface area contributed by atoms with Crippen molar-refractivity contribution in [3.63, 3.8) is 0 Å². The zero-order valence-corrected chi connectivity index (χ0v) is 13.8. The first-order valence-corrected chi connectivity index (χ1v) is 7.59. The molecule has 0 aromatic rings. The van der Waals surface area contributed by atoms with Crippen LogP contribution in [-0.2, 0) is 23.8 Å². The molecule has 1 unspecified atom stereocenters. The topological polar surface area (TPSA) is 61.8 Å². The first kappa shape index (κ1) is 18.4. The van der Waals surface area contributed by atoms with E-state index in [1.807, 2.05) is 0 Å². The van der Waals surface area contributed by atoms with Crippen LogP contribution in [0, 0.1) is 5.92 Å². The van der Waals surface area contributed by atoms with E-state index in [4.69, 9.17) is 14.2 Å². The van der Waals surface area contributed by atoms with E-state index in [0.29, 0.717) is 5.57 Å². The molecule has 0 aromatic heterocycles. The summed E-state index contributed by atoms with van der Waals surface area (Å²) in [6.45, 7) is 10.1. The smallest absolute Gasteiger partial charge is 0.335 e. The van der Waals surface area contributed by atoms with Crippen LogP contribution in [0.1, 0.15) is 46.0 Å². The monoisotopic (exact) mass is 310 g/mol. The molecule has 0 aromatic carbocycles.